The molecular formula is C14H18ClN3O3. The Labute approximate surface area is 128 Å². The van der Waals surface area contributed by atoms with Crippen LogP contribution in [-0.2, 0) is 0 Å². The van der Waals surface area contributed by atoms with Gasteiger partial charge in [0.05, 0.1) is 15.5 Å². The summed E-state index contributed by atoms with van der Waals surface area (Å²) in [6, 6.07) is 3.93. The zero-order valence-electron chi connectivity index (χ0n) is 12.1. The summed E-state index contributed by atoms with van der Waals surface area (Å²) in [5.41, 5.74) is 0.0523. The molecule has 1 heterocycles. The van der Waals surface area contributed by atoms with E-state index in [1.165, 1.54) is 18.2 Å². The molecule has 1 atom stereocenters. The summed E-state index contributed by atoms with van der Waals surface area (Å²) in [7, 11) is 3.76. The van der Waals surface area contributed by atoms with Crippen molar-refractivity contribution in [1.29, 1.82) is 0 Å². The zero-order valence-corrected chi connectivity index (χ0v) is 12.8. The maximum absolute atomic E-state index is 12.4. The number of halogens is 1. The average molecular weight is 312 g/mol. The van der Waals surface area contributed by atoms with Crippen molar-refractivity contribution in [3.8, 4) is 0 Å². The van der Waals surface area contributed by atoms with Gasteiger partial charge in [-0.25, -0.2) is 0 Å². The van der Waals surface area contributed by atoms with Crippen molar-refractivity contribution < 1.29 is 9.72 Å². The van der Waals surface area contributed by atoms with Crippen LogP contribution < -0.4 is 0 Å². The number of amides is 1. The first kappa shape index (κ1) is 15.7. The smallest absolute Gasteiger partial charge is 0.270 e. The van der Waals surface area contributed by atoms with Gasteiger partial charge >= 0.3 is 0 Å². The molecule has 1 aliphatic rings. The number of nitro benzene ring substituents is 1. The highest BCUT2D eigenvalue weighted by Crippen LogP contribution is 2.24. The summed E-state index contributed by atoms with van der Waals surface area (Å²) < 4.78 is 0. The number of carbonyl (C=O) groups is 1. The third-order valence-corrected chi connectivity index (χ3v) is 4.09. The normalized spacial score (nSPS) is 18.7. The molecule has 1 aromatic carbocycles. The van der Waals surface area contributed by atoms with E-state index in [0.717, 1.165) is 19.5 Å². The molecule has 1 unspecified atom stereocenters. The predicted octanol–water partition coefficient (Wildman–Crippen LogP) is 2.27. The lowest BCUT2D eigenvalue weighted by atomic mass is 10.1. The van der Waals surface area contributed by atoms with Gasteiger partial charge in [-0.15, -0.1) is 0 Å². The quantitative estimate of drug-likeness (QED) is 0.632. The first-order valence-corrected chi connectivity index (χ1v) is 7.14. The lowest BCUT2D eigenvalue weighted by Gasteiger charge is -2.21. The topological polar surface area (TPSA) is 66.7 Å². The summed E-state index contributed by atoms with van der Waals surface area (Å²) in [4.78, 5) is 26.5. The number of nitro groups is 1. The summed E-state index contributed by atoms with van der Waals surface area (Å²) in [5.74, 6) is 0.152. The third-order valence-electron chi connectivity index (χ3n) is 3.76. The lowest BCUT2D eigenvalue weighted by molar-refractivity contribution is -0.384. The highest BCUT2D eigenvalue weighted by atomic mass is 35.5. The molecule has 1 aliphatic heterocycles. The van der Waals surface area contributed by atoms with Gasteiger partial charge < -0.3 is 9.80 Å². The summed E-state index contributed by atoms with van der Waals surface area (Å²) in [6.07, 6.45) is 1.05. The van der Waals surface area contributed by atoms with Gasteiger partial charge in [0.1, 0.15) is 0 Å². The van der Waals surface area contributed by atoms with E-state index in [9.17, 15) is 14.9 Å². The second-order valence-corrected chi connectivity index (χ2v) is 5.93. The molecule has 0 radical (unpaired) electrons. The predicted molar refractivity (Wildman–Crippen MR) is 80.7 cm³/mol. The minimum Gasteiger partial charge on any atom is -0.341 e. The van der Waals surface area contributed by atoms with Gasteiger partial charge in [-0.05, 0) is 32.0 Å². The fourth-order valence-electron chi connectivity index (χ4n) is 2.64. The number of benzene rings is 1. The number of nitrogens with zero attached hydrogens (tertiary/aromatic N) is 3. The van der Waals surface area contributed by atoms with E-state index < -0.39 is 4.92 Å². The van der Waals surface area contributed by atoms with E-state index >= 15 is 0 Å². The number of likely N-dealkylation sites (tertiary alicyclic amines) is 1. The summed E-state index contributed by atoms with van der Waals surface area (Å²) >= 11 is 6.00. The van der Waals surface area contributed by atoms with Gasteiger partial charge in [0.2, 0.25) is 0 Å². The van der Waals surface area contributed by atoms with Crippen molar-refractivity contribution in [3.05, 3.63) is 38.9 Å². The molecule has 0 saturated carbocycles. The van der Waals surface area contributed by atoms with Crippen molar-refractivity contribution in [3.63, 3.8) is 0 Å². The van der Waals surface area contributed by atoms with Crippen molar-refractivity contribution in [2.75, 3.05) is 33.7 Å². The fraction of sp³-hybridized carbons (Fsp3) is 0.500. The molecule has 2 rings (SSSR count). The molecule has 114 valence electrons. The molecule has 6 nitrogen and oxygen atoms in total. The first-order valence-electron chi connectivity index (χ1n) is 6.76. The molecule has 0 spiro atoms. The lowest BCUT2D eigenvalue weighted by Crippen LogP contribution is -2.33. The first-order chi connectivity index (χ1) is 9.88. The molecule has 0 bridgehead atoms. The van der Waals surface area contributed by atoms with E-state index in [1.54, 1.807) is 11.9 Å². The Hall–Kier alpha value is -1.66. The second-order valence-electron chi connectivity index (χ2n) is 5.52. The van der Waals surface area contributed by atoms with Crippen molar-refractivity contribution in [2.24, 2.45) is 5.92 Å². The van der Waals surface area contributed by atoms with Gasteiger partial charge in [-0.3, -0.25) is 14.9 Å². The highest BCUT2D eigenvalue weighted by Gasteiger charge is 2.24. The molecule has 21 heavy (non-hydrogen) atoms. The van der Waals surface area contributed by atoms with Crippen LogP contribution in [0, 0.1) is 16.0 Å². The Kier molecular flexibility index (Phi) is 4.80. The van der Waals surface area contributed by atoms with Gasteiger partial charge in [0.25, 0.3) is 11.6 Å². The Morgan fingerprint density at radius 3 is 2.86 bits per heavy atom. The Morgan fingerprint density at radius 1 is 1.57 bits per heavy atom. The maximum Gasteiger partial charge on any atom is 0.270 e. The van der Waals surface area contributed by atoms with Crippen LogP contribution in [0.4, 0.5) is 5.69 Å². The monoisotopic (exact) mass is 311 g/mol. The zero-order chi connectivity index (χ0) is 15.6. The average Bonchev–Trinajstić information content (AvgIpc) is 2.83. The van der Waals surface area contributed by atoms with Crippen LogP contribution in [0.25, 0.3) is 0 Å². The molecule has 7 heteroatoms. The number of hydrogen-bond acceptors (Lipinski definition) is 4. The van der Waals surface area contributed by atoms with Crippen molar-refractivity contribution in [1.82, 2.24) is 9.80 Å². The Morgan fingerprint density at radius 2 is 2.29 bits per heavy atom. The largest absolute Gasteiger partial charge is 0.341 e. The number of non-ortho nitro benzene ring substituents is 1. The molecule has 0 aromatic heterocycles. The Balaban J connectivity index is 2.11. The van der Waals surface area contributed by atoms with E-state index in [0.29, 0.717) is 12.5 Å². The highest BCUT2D eigenvalue weighted by molar-refractivity contribution is 6.33. The van der Waals surface area contributed by atoms with Crippen LogP contribution in [0.3, 0.4) is 0 Å². The van der Waals surface area contributed by atoms with E-state index in [2.05, 4.69) is 11.9 Å². The Bertz CT molecular complexity index is 564. The molecule has 0 aliphatic carbocycles. The minimum absolute atomic E-state index is 0.128. The molecular weight excluding hydrogens is 294 g/mol. The standard InChI is InChI=1S/C14H18ClN3O3/c1-16-6-5-10(8-16)9-17(2)14(19)12-7-11(18(20)21)3-4-13(12)15/h3-4,7,10H,5-6,8-9H2,1-2H3. The van der Waals surface area contributed by atoms with Crippen LogP contribution in [0.2, 0.25) is 5.02 Å². The summed E-state index contributed by atoms with van der Waals surface area (Å²) in [5, 5.41) is 11.0. The second kappa shape index (κ2) is 6.41. The van der Waals surface area contributed by atoms with Crippen molar-refractivity contribution in [2.45, 2.75) is 6.42 Å². The molecule has 1 fully saturated rings. The minimum atomic E-state index is -0.529. The number of rotatable bonds is 4. The fourth-order valence-corrected chi connectivity index (χ4v) is 2.84. The van der Waals surface area contributed by atoms with Crippen LogP contribution in [0.5, 0.6) is 0 Å². The third kappa shape index (κ3) is 3.71. The van der Waals surface area contributed by atoms with Gasteiger partial charge in [-0.2, -0.15) is 0 Å². The van der Waals surface area contributed by atoms with Gasteiger partial charge in [-0.1, -0.05) is 11.6 Å². The SMILES string of the molecule is CN1CCC(CN(C)C(=O)c2cc([N+](=O)[O-])ccc2Cl)C1. The van der Waals surface area contributed by atoms with Crippen LogP contribution in [0.1, 0.15) is 16.8 Å². The number of carbonyl (C=O) groups excluding carboxylic acids is 1. The molecule has 1 saturated heterocycles. The van der Waals surface area contributed by atoms with Gasteiger partial charge in [0, 0.05) is 32.3 Å². The van der Waals surface area contributed by atoms with Gasteiger partial charge in [0.15, 0.2) is 0 Å². The molecule has 0 N–H and O–H groups in total. The number of hydrogen-bond donors (Lipinski definition) is 0. The van der Waals surface area contributed by atoms with Crippen LogP contribution in [0.15, 0.2) is 18.2 Å². The summed E-state index contributed by atoms with van der Waals surface area (Å²) in [6.45, 7) is 2.62. The maximum atomic E-state index is 12.4. The molecule has 1 aromatic rings. The van der Waals surface area contributed by atoms with E-state index in [4.69, 9.17) is 11.6 Å². The van der Waals surface area contributed by atoms with Crippen LogP contribution >= 0.6 is 11.6 Å². The van der Waals surface area contributed by atoms with Crippen molar-refractivity contribution >= 4 is 23.2 Å². The van der Waals surface area contributed by atoms with Crippen LogP contribution in [-0.4, -0.2) is 54.4 Å². The van der Waals surface area contributed by atoms with E-state index in [-0.39, 0.29) is 22.2 Å². The molecule has 1 amide bonds. The van der Waals surface area contributed by atoms with E-state index in [1.807, 2.05) is 0 Å².